The SMILES string of the molecule is COC(=O)c1c(SCC(=O)Nc2cccc(OC)c2)[nH]c2ccc(C)cc2c1=O. The van der Waals surface area contributed by atoms with Gasteiger partial charge in [0.25, 0.3) is 0 Å². The number of carbonyl (C=O) groups is 2. The fourth-order valence-electron chi connectivity index (χ4n) is 2.81. The van der Waals surface area contributed by atoms with Gasteiger partial charge >= 0.3 is 5.97 Å². The Balaban J connectivity index is 1.86. The van der Waals surface area contributed by atoms with E-state index >= 15 is 0 Å². The molecule has 0 aliphatic heterocycles. The van der Waals surface area contributed by atoms with Crippen LogP contribution in [-0.2, 0) is 9.53 Å². The van der Waals surface area contributed by atoms with Crippen molar-refractivity contribution in [3.05, 3.63) is 63.8 Å². The van der Waals surface area contributed by atoms with E-state index < -0.39 is 11.4 Å². The van der Waals surface area contributed by atoms with Gasteiger partial charge in [-0.15, -0.1) is 0 Å². The second kappa shape index (κ2) is 8.83. The lowest BCUT2D eigenvalue weighted by molar-refractivity contribution is -0.113. The summed E-state index contributed by atoms with van der Waals surface area (Å²) in [6.45, 7) is 1.86. The molecule has 0 aliphatic rings. The van der Waals surface area contributed by atoms with Crippen LogP contribution in [0.1, 0.15) is 15.9 Å². The van der Waals surface area contributed by atoms with Crippen LogP contribution < -0.4 is 15.5 Å². The molecule has 0 spiro atoms. The molecule has 8 heteroatoms. The number of pyridine rings is 1. The van der Waals surface area contributed by atoms with E-state index in [1.54, 1.807) is 43.5 Å². The Morgan fingerprint density at radius 3 is 2.66 bits per heavy atom. The summed E-state index contributed by atoms with van der Waals surface area (Å²) in [7, 11) is 2.76. The molecule has 0 aliphatic carbocycles. The molecule has 1 heterocycles. The largest absolute Gasteiger partial charge is 0.497 e. The Bertz CT molecular complexity index is 1140. The number of hydrogen-bond acceptors (Lipinski definition) is 6. The number of carbonyl (C=O) groups excluding carboxylic acids is 2. The maximum Gasteiger partial charge on any atom is 0.344 e. The molecule has 1 amide bonds. The van der Waals surface area contributed by atoms with Crippen LogP contribution in [0.5, 0.6) is 5.75 Å². The fraction of sp³-hybridized carbons (Fsp3) is 0.190. The van der Waals surface area contributed by atoms with Gasteiger partial charge in [-0.3, -0.25) is 9.59 Å². The molecule has 2 N–H and O–H groups in total. The Hall–Kier alpha value is -3.26. The fourth-order valence-corrected chi connectivity index (χ4v) is 3.66. The van der Waals surface area contributed by atoms with Gasteiger partial charge in [0.1, 0.15) is 11.3 Å². The Morgan fingerprint density at radius 2 is 1.93 bits per heavy atom. The number of esters is 1. The van der Waals surface area contributed by atoms with Crippen molar-refractivity contribution < 1.29 is 19.1 Å². The average Bonchev–Trinajstić information content (AvgIpc) is 2.72. The zero-order chi connectivity index (χ0) is 21.0. The Morgan fingerprint density at radius 1 is 1.14 bits per heavy atom. The highest BCUT2D eigenvalue weighted by molar-refractivity contribution is 8.00. The van der Waals surface area contributed by atoms with Crippen molar-refractivity contribution in [2.45, 2.75) is 11.9 Å². The molecule has 0 saturated heterocycles. The summed E-state index contributed by atoms with van der Waals surface area (Å²) in [5.74, 6) is -0.416. The van der Waals surface area contributed by atoms with Crippen molar-refractivity contribution in [2.24, 2.45) is 0 Å². The first kappa shape index (κ1) is 20.5. The summed E-state index contributed by atoms with van der Waals surface area (Å²) >= 11 is 1.06. The number of nitrogens with one attached hydrogen (secondary N) is 2. The number of thioether (sulfide) groups is 1. The number of aromatic nitrogens is 1. The maximum atomic E-state index is 12.9. The number of benzene rings is 2. The third kappa shape index (κ3) is 4.60. The molecule has 3 rings (SSSR count). The second-order valence-electron chi connectivity index (χ2n) is 6.27. The van der Waals surface area contributed by atoms with E-state index in [0.29, 0.717) is 27.4 Å². The van der Waals surface area contributed by atoms with Crippen molar-refractivity contribution in [3.8, 4) is 5.75 Å². The minimum atomic E-state index is -0.745. The zero-order valence-electron chi connectivity index (χ0n) is 16.2. The van der Waals surface area contributed by atoms with Gasteiger partial charge in [0.15, 0.2) is 0 Å². The van der Waals surface area contributed by atoms with Crippen molar-refractivity contribution in [1.29, 1.82) is 0 Å². The van der Waals surface area contributed by atoms with E-state index in [1.807, 2.05) is 13.0 Å². The van der Waals surface area contributed by atoms with Gasteiger partial charge in [-0.1, -0.05) is 29.5 Å². The quantitative estimate of drug-likeness (QED) is 0.476. The summed E-state index contributed by atoms with van der Waals surface area (Å²) in [5.41, 5.74) is 1.54. The van der Waals surface area contributed by atoms with Gasteiger partial charge < -0.3 is 19.8 Å². The zero-order valence-corrected chi connectivity index (χ0v) is 17.0. The maximum absolute atomic E-state index is 12.9. The number of hydrogen-bond donors (Lipinski definition) is 2. The number of H-pyrrole nitrogens is 1. The lowest BCUT2D eigenvalue weighted by Gasteiger charge is -2.11. The number of ether oxygens (including phenoxy) is 2. The smallest absolute Gasteiger partial charge is 0.344 e. The van der Waals surface area contributed by atoms with E-state index in [9.17, 15) is 14.4 Å². The molecule has 0 saturated carbocycles. The topological polar surface area (TPSA) is 97.5 Å². The number of amides is 1. The number of methoxy groups -OCH3 is 2. The lowest BCUT2D eigenvalue weighted by atomic mass is 10.1. The van der Waals surface area contributed by atoms with Gasteiger partial charge in [-0.25, -0.2) is 4.79 Å². The highest BCUT2D eigenvalue weighted by atomic mass is 32.2. The van der Waals surface area contributed by atoms with Crippen LogP contribution >= 0.6 is 11.8 Å². The van der Waals surface area contributed by atoms with Crippen LogP contribution in [0.15, 0.2) is 52.3 Å². The average molecular weight is 412 g/mol. The van der Waals surface area contributed by atoms with E-state index in [1.165, 1.54) is 7.11 Å². The van der Waals surface area contributed by atoms with E-state index in [2.05, 4.69) is 10.3 Å². The first-order chi connectivity index (χ1) is 13.9. The van der Waals surface area contributed by atoms with Gasteiger partial charge in [-0.2, -0.15) is 0 Å². The van der Waals surface area contributed by atoms with E-state index in [4.69, 9.17) is 9.47 Å². The molecule has 3 aromatic rings. The van der Waals surface area contributed by atoms with Crippen molar-refractivity contribution in [2.75, 3.05) is 25.3 Å². The highest BCUT2D eigenvalue weighted by Gasteiger charge is 2.21. The second-order valence-corrected chi connectivity index (χ2v) is 7.25. The van der Waals surface area contributed by atoms with Crippen LogP contribution in [0.25, 0.3) is 10.9 Å². The standard InChI is InChI=1S/C21H20N2O5S/c1-12-7-8-16-15(9-12)19(25)18(21(26)28-3)20(23-16)29-11-17(24)22-13-5-4-6-14(10-13)27-2/h4-10H,11H2,1-3H3,(H,22,24)(H,23,25). The molecular weight excluding hydrogens is 392 g/mol. The molecular formula is C21H20N2O5S. The van der Waals surface area contributed by atoms with Crippen molar-refractivity contribution in [1.82, 2.24) is 4.98 Å². The van der Waals surface area contributed by atoms with Crippen molar-refractivity contribution in [3.63, 3.8) is 0 Å². The minimum absolute atomic E-state index is 0.00544. The summed E-state index contributed by atoms with van der Waals surface area (Å²) in [5, 5.41) is 3.45. The molecule has 2 aromatic carbocycles. The van der Waals surface area contributed by atoms with Gasteiger partial charge in [-0.05, 0) is 31.2 Å². The number of rotatable bonds is 6. The first-order valence-electron chi connectivity index (χ1n) is 8.74. The van der Waals surface area contributed by atoms with Gasteiger partial charge in [0.05, 0.1) is 30.5 Å². The number of fused-ring (bicyclic) bond motifs is 1. The van der Waals surface area contributed by atoms with Crippen LogP contribution in [0.2, 0.25) is 0 Å². The normalized spacial score (nSPS) is 10.6. The summed E-state index contributed by atoms with van der Waals surface area (Å²) in [4.78, 5) is 40.5. The number of aromatic amines is 1. The molecule has 1 aromatic heterocycles. The molecule has 7 nitrogen and oxygen atoms in total. The lowest BCUT2D eigenvalue weighted by Crippen LogP contribution is -2.20. The predicted molar refractivity (Wildman–Crippen MR) is 113 cm³/mol. The molecule has 150 valence electrons. The van der Waals surface area contributed by atoms with E-state index in [-0.39, 0.29) is 17.2 Å². The molecule has 0 radical (unpaired) electrons. The number of anilines is 1. The van der Waals surface area contributed by atoms with Crippen molar-refractivity contribution >= 4 is 40.2 Å². The molecule has 0 atom stereocenters. The predicted octanol–water partition coefficient (Wildman–Crippen LogP) is 3.36. The Labute approximate surface area is 171 Å². The Kier molecular flexibility index (Phi) is 6.23. The van der Waals surface area contributed by atoms with Gasteiger partial charge in [0, 0.05) is 17.1 Å². The van der Waals surface area contributed by atoms with Crippen LogP contribution in [0.3, 0.4) is 0 Å². The number of aryl methyl sites for hydroxylation is 1. The third-order valence-corrected chi connectivity index (χ3v) is 5.21. The minimum Gasteiger partial charge on any atom is -0.497 e. The van der Waals surface area contributed by atoms with Crippen LogP contribution in [0.4, 0.5) is 5.69 Å². The molecule has 0 bridgehead atoms. The summed E-state index contributed by atoms with van der Waals surface area (Å²) in [6.07, 6.45) is 0. The summed E-state index contributed by atoms with van der Waals surface area (Å²) < 4.78 is 9.91. The van der Waals surface area contributed by atoms with Crippen LogP contribution in [0, 0.1) is 6.92 Å². The van der Waals surface area contributed by atoms with Crippen LogP contribution in [-0.4, -0.2) is 36.8 Å². The van der Waals surface area contributed by atoms with E-state index in [0.717, 1.165) is 17.3 Å². The third-order valence-electron chi connectivity index (χ3n) is 4.21. The monoisotopic (exact) mass is 412 g/mol. The molecule has 0 fully saturated rings. The molecule has 29 heavy (non-hydrogen) atoms. The highest BCUT2D eigenvalue weighted by Crippen LogP contribution is 2.24. The molecule has 0 unspecified atom stereocenters. The first-order valence-corrected chi connectivity index (χ1v) is 9.73. The summed E-state index contributed by atoms with van der Waals surface area (Å²) in [6, 6.07) is 12.3. The van der Waals surface area contributed by atoms with Gasteiger partial charge in [0.2, 0.25) is 11.3 Å².